The van der Waals surface area contributed by atoms with Crippen LogP contribution in [0.3, 0.4) is 0 Å². The number of nitrogens with zero attached hydrogens (tertiary/aromatic N) is 1. The Balaban J connectivity index is 2.66. The normalized spacial score (nSPS) is 19.4. The molecule has 0 saturated heterocycles. The van der Waals surface area contributed by atoms with Gasteiger partial charge in [-0.15, -0.1) is 11.6 Å². The lowest BCUT2D eigenvalue weighted by atomic mass is 10.00. The SMILES string of the molecule is CCc1cc2c(cc1C(=O)N=C(N)N)S(=O)(=O)CC2Cl. The molecule has 8 heteroatoms. The number of sulfone groups is 1. The number of alkyl halides is 1. The van der Waals surface area contributed by atoms with Gasteiger partial charge in [0, 0.05) is 5.56 Å². The van der Waals surface area contributed by atoms with Crippen LogP contribution in [0.2, 0.25) is 0 Å². The van der Waals surface area contributed by atoms with Gasteiger partial charge in [-0.1, -0.05) is 13.0 Å². The Morgan fingerprint density at radius 2 is 2.10 bits per heavy atom. The van der Waals surface area contributed by atoms with Crippen LogP contribution in [0.1, 0.15) is 33.8 Å². The number of halogens is 1. The van der Waals surface area contributed by atoms with Gasteiger partial charge in [0.2, 0.25) is 0 Å². The fraction of sp³-hybridized carbons (Fsp3) is 0.333. The Hall–Kier alpha value is -1.60. The number of carbonyl (C=O) groups is 1. The van der Waals surface area contributed by atoms with Crippen molar-refractivity contribution in [2.45, 2.75) is 23.6 Å². The molecule has 0 bridgehead atoms. The number of carbonyl (C=O) groups excluding carboxylic acids is 1. The van der Waals surface area contributed by atoms with Gasteiger partial charge in [-0.05, 0) is 23.6 Å². The van der Waals surface area contributed by atoms with Crippen LogP contribution in [0.15, 0.2) is 22.0 Å². The van der Waals surface area contributed by atoms with Crippen molar-refractivity contribution in [1.82, 2.24) is 0 Å². The molecule has 1 aliphatic heterocycles. The van der Waals surface area contributed by atoms with Crippen LogP contribution in [0.4, 0.5) is 0 Å². The summed E-state index contributed by atoms with van der Waals surface area (Å²) in [5.74, 6) is -1.18. The minimum Gasteiger partial charge on any atom is -0.370 e. The van der Waals surface area contributed by atoms with Crippen LogP contribution in [0, 0.1) is 0 Å². The van der Waals surface area contributed by atoms with E-state index in [0.29, 0.717) is 17.5 Å². The highest BCUT2D eigenvalue weighted by Crippen LogP contribution is 2.39. The predicted molar refractivity (Wildman–Crippen MR) is 76.6 cm³/mol. The van der Waals surface area contributed by atoms with Crippen molar-refractivity contribution < 1.29 is 13.2 Å². The van der Waals surface area contributed by atoms with Crippen LogP contribution >= 0.6 is 11.6 Å². The first-order valence-corrected chi connectivity index (χ1v) is 8.02. The topological polar surface area (TPSA) is 116 Å². The molecule has 1 heterocycles. The van der Waals surface area contributed by atoms with E-state index in [1.165, 1.54) is 6.07 Å². The van der Waals surface area contributed by atoms with Crippen LogP contribution < -0.4 is 11.5 Å². The number of fused-ring (bicyclic) bond motifs is 1. The van der Waals surface area contributed by atoms with Gasteiger partial charge in [0.05, 0.1) is 16.0 Å². The lowest BCUT2D eigenvalue weighted by molar-refractivity contribution is 0.100. The summed E-state index contributed by atoms with van der Waals surface area (Å²) in [5.41, 5.74) is 11.7. The Morgan fingerprint density at radius 1 is 1.45 bits per heavy atom. The average Bonchev–Trinajstić information content (AvgIpc) is 2.57. The molecule has 1 atom stereocenters. The van der Waals surface area contributed by atoms with Gasteiger partial charge in [0.25, 0.3) is 5.91 Å². The van der Waals surface area contributed by atoms with E-state index in [-0.39, 0.29) is 22.2 Å². The molecule has 108 valence electrons. The van der Waals surface area contributed by atoms with Crippen molar-refractivity contribution in [3.8, 4) is 0 Å². The van der Waals surface area contributed by atoms with Gasteiger partial charge >= 0.3 is 0 Å². The minimum absolute atomic E-state index is 0.0869. The van der Waals surface area contributed by atoms with Gasteiger partial charge in [0.15, 0.2) is 15.8 Å². The number of aryl methyl sites for hydroxylation is 1. The van der Waals surface area contributed by atoms with Crippen molar-refractivity contribution in [2.24, 2.45) is 16.5 Å². The molecule has 1 unspecified atom stereocenters. The van der Waals surface area contributed by atoms with Gasteiger partial charge in [-0.2, -0.15) is 4.99 Å². The Labute approximate surface area is 121 Å². The standard InChI is InChI=1S/C12H14ClN3O3S/c1-2-6-3-8-9(13)5-20(18,19)10(8)4-7(6)11(17)16-12(14)15/h3-4,9H,2,5H2,1H3,(H4,14,15,16,17). The van der Waals surface area contributed by atoms with Crippen molar-refractivity contribution in [3.05, 3.63) is 28.8 Å². The Bertz CT molecular complexity index is 709. The maximum absolute atomic E-state index is 12.0. The molecule has 2 rings (SSSR count). The van der Waals surface area contributed by atoms with Crippen LogP contribution in [-0.2, 0) is 16.3 Å². The summed E-state index contributed by atoms with van der Waals surface area (Å²) in [6, 6.07) is 2.97. The van der Waals surface area contributed by atoms with E-state index in [0.717, 1.165) is 0 Å². The molecule has 0 aromatic heterocycles. The third-order valence-corrected chi connectivity index (χ3v) is 5.48. The molecule has 1 amide bonds. The Morgan fingerprint density at radius 3 is 2.65 bits per heavy atom. The molecule has 1 aromatic carbocycles. The summed E-state index contributed by atoms with van der Waals surface area (Å²) in [7, 11) is -3.46. The Kier molecular flexibility index (Phi) is 3.75. The minimum atomic E-state index is -3.46. The van der Waals surface area contributed by atoms with Crippen molar-refractivity contribution >= 4 is 33.3 Å². The molecular formula is C12H14ClN3O3S. The van der Waals surface area contributed by atoms with E-state index in [2.05, 4.69) is 4.99 Å². The highest BCUT2D eigenvalue weighted by atomic mass is 35.5. The zero-order valence-electron chi connectivity index (χ0n) is 10.8. The van der Waals surface area contributed by atoms with E-state index >= 15 is 0 Å². The first kappa shape index (κ1) is 14.8. The molecular weight excluding hydrogens is 302 g/mol. The molecule has 1 aliphatic rings. The first-order valence-electron chi connectivity index (χ1n) is 5.94. The lowest BCUT2D eigenvalue weighted by Crippen LogP contribution is -2.24. The number of amides is 1. The number of hydrogen-bond acceptors (Lipinski definition) is 3. The second kappa shape index (κ2) is 5.06. The molecule has 20 heavy (non-hydrogen) atoms. The predicted octanol–water partition coefficient (Wildman–Crippen LogP) is 0.730. The number of guanidine groups is 1. The quantitative estimate of drug-likeness (QED) is 0.474. The summed E-state index contributed by atoms with van der Waals surface area (Å²) in [6.07, 6.45) is 0.540. The first-order chi connectivity index (χ1) is 9.26. The van der Waals surface area contributed by atoms with Crippen molar-refractivity contribution in [1.29, 1.82) is 0 Å². The second-order valence-electron chi connectivity index (χ2n) is 4.49. The van der Waals surface area contributed by atoms with Crippen LogP contribution in [0.5, 0.6) is 0 Å². The number of aliphatic imine (C=N–C) groups is 1. The zero-order chi connectivity index (χ0) is 15.1. The van der Waals surface area contributed by atoms with Crippen LogP contribution in [0.25, 0.3) is 0 Å². The third kappa shape index (κ3) is 2.51. The number of rotatable bonds is 2. The fourth-order valence-corrected chi connectivity index (χ4v) is 4.54. The molecule has 0 aliphatic carbocycles. The van der Waals surface area contributed by atoms with Gasteiger partial charge in [-0.3, -0.25) is 4.79 Å². The number of benzene rings is 1. The highest BCUT2D eigenvalue weighted by Gasteiger charge is 2.35. The molecule has 0 spiro atoms. The number of hydrogen-bond donors (Lipinski definition) is 2. The van der Waals surface area contributed by atoms with Gasteiger partial charge in [-0.25, -0.2) is 8.42 Å². The maximum Gasteiger partial charge on any atom is 0.280 e. The molecule has 0 radical (unpaired) electrons. The summed E-state index contributed by atoms with van der Waals surface area (Å²) >= 11 is 6.04. The van der Waals surface area contributed by atoms with E-state index < -0.39 is 21.1 Å². The molecule has 0 fully saturated rings. The average molecular weight is 316 g/mol. The monoisotopic (exact) mass is 315 g/mol. The maximum atomic E-state index is 12.0. The highest BCUT2D eigenvalue weighted by molar-refractivity contribution is 7.91. The van der Waals surface area contributed by atoms with Crippen LogP contribution in [-0.4, -0.2) is 26.0 Å². The van der Waals surface area contributed by atoms with Gasteiger partial charge in [0.1, 0.15) is 0 Å². The van der Waals surface area contributed by atoms with Gasteiger partial charge < -0.3 is 11.5 Å². The van der Waals surface area contributed by atoms with Crippen molar-refractivity contribution in [3.63, 3.8) is 0 Å². The second-order valence-corrected chi connectivity index (χ2v) is 7.02. The summed E-state index contributed by atoms with van der Waals surface area (Å²) in [6.45, 7) is 1.85. The molecule has 4 N–H and O–H groups in total. The smallest absolute Gasteiger partial charge is 0.280 e. The summed E-state index contributed by atoms with van der Waals surface area (Å²) < 4.78 is 24.0. The number of nitrogens with two attached hydrogens (primary N) is 2. The molecule has 1 aromatic rings. The molecule has 0 saturated carbocycles. The largest absolute Gasteiger partial charge is 0.370 e. The van der Waals surface area contributed by atoms with E-state index in [1.807, 2.05) is 6.92 Å². The van der Waals surface area contributed by atoms with E-state index in [1.54, 1.807) is 6.07 Å². The van der Waals surface area contributed by atoms with E-state index in [9.17, 15) is 13.2 Å². The van der Waals surface area contributed by atoms with E-state index in [4.69, 9.17) is 23.1 Å². The summed E-state index contributed by atoms with van der Waals surface area (Å²) in [4.78, 5) is 15.5. The lowest BCUT2D eigenvalue weighted by Gasteiger charge is -2.09. The third-order valence-electron chi connectivity index (χ3n) is 3.12. The zero-order valence-corrected chi connectivity index (χ0v) is 12.3. The fourth-order valence-electron chi connectivity index (χ4n) is 2.20. The molecule has 6 nitrogen and oxygen atoms in total. The van der Waals surface area contributed by atoms with Crippen molar-refractivity contribution in [2.75, 3.05) is 5.75 Å². The summed E-state index contributed by atoms with van der Waals surface area (Å²) in [5, 5.41) is -0.590.